The minimum atomic E-state index is -1.82. The zero-order valence-electron chi connectivity index (χ0n) is 14.7. The number of benzene rings is 1. The maximum Gasteiger partial charge on any atom is 0.414 e. The van der Waals surface area contributed by atoms with Crippen molar-refractivity contribution < 1.29 is 34.0 Å². The summed E-state index contributed by atoms with van der Waals surface area (Å²) in [7, 11) is 4.89. The number of rotatable bonds is 7. The molecule has 0 atom stereocenters. The largest absolute Gasteiger partial charge is 0.493 e. The van der Waals surface area contributed by atoms with Gasteiger partial charge >= 0.3 is 11.9 Å². The Labute approximate surface area is 141 Å². The first kappa shape index (κ1) is 21.5. The van der Waals surface area contributed by atoms with Crippen LogP contribution < -0.4 is 14.2 Å². The van der Waals surface area contributed by atoms with Gasteiger partial charge in [0.25, 0.3) is 0 Å². The summed E-state index contributed by atoms with van der Waals surface area (Å²) in [5.74, 6) is -1.59. The van der Waals surface area contributed by atoms with Crippen LogP contribution in [-0.4, -0.2) is 61.5 Å². The van der Waals surface area contributed by atoms with Crippen LogP contribution in [0.3, 0.4) is 0 Å². The van der Waals surface area contributed by atoms with E-state index in [1.165, 1.54) is 0 Å². The van der Waals surface area contributed by atoms with Crippen LogP contribution in [0.2, 0.25) is 0 Å². The quantitative estimate of drug-likeness (QED) is 0.721. The molecule has 0 heterocycles. The van der Waals surface area contributed by atoms with Crippen molar-refractivity contribution in [3.8, 4) is 17.2 Å². The molecule has 0 aliphatic heterocycles. The predicted molar refractivity (Wildman–Crippen MR) is 88.0 cm³/mol. The molecule has 8 heteroatoms. The van der Waals surface area contributed by atoms with E-state index in [-0.39, 0.29) is 0 Å². The Morgan fingerprint density at radius 3 is 1.58 bits per heavy atom. The highest BCUT2D eigenvalue weighted by Crippen LogP contribution is 2.38. The Bertz CT molecular complexity index is 504. The Morgan fingerprint density at radius 2 is 1.33 bits per heavy atom. The molecule has 2 N–H and O–H groups in total. The van der Waals surface area contributed by atoms with Crippen molar-refractivity contribution in [2.24, 2.45) is 0 Å². The maximum absolute atomic E-state index is 9.10. The second-order valence-corrected chi connectivity index (χ2v) is 4.61. The molecule has 0 fully saturated rings. The van der Waals surface area contributed by atoms with E-state index in [4.69, 9.17) is 34.0 Å². The van der Waals surface area contributed by atoms with Crippen LogP contribution in [0.25, 0.3) is 0 Å². The zero-order valence-corrected chi connectivity index (χ0v) is 14.7. The maximum atomic E-state index is 9.10. The number of hydrogen-bond acceptors (Lipinski definition) is 6. The topological polar surface area (TPSA) is 106 Å². The van der Waals surface area contributed by atoms with Crippen molar-refractivity contribution in [3.05, 3.63) is 17.7 Å². The van der Waals surface area contributed by atoms with Crippen LogP contribution in [0, 0.1) is 0 Å². The summed E-state index contributed by atoms with van der Waals surface area (Å²) < 4.78 is 16.0. The number of carboxylic acid groups (broad SMARTS) is 2. The van der Waals surface area contributed by atoms with E-state index in [9.17, 15) is 0 Å². The van der Waals surface area contributed by atoms with Gasteiger partial charge in [-0.15, -0.1) is 0 Å². The number of carbonyl (C=O) groups is 2. The number of hydrogen-bond donors (Lipinski definition) is 2. The average molecular weight is 343 g/mol. The summed E-state index contributed by atoms with van der Waals surface area (Å²) in [6, 6.07) is 4.00. The van der Waals surface area contributed by atoms with Crippen molar-refractivity contribution >= 4 is 11.9 Å². The molecule has 1 rings (SSSR count). The minimum Gasteiger partial charge on any atom is -0.493 e. The van der Waals surface area contributed by atoms with Crippen LogP contribution in [0.5, 0.6) is 17.2 Å². The van der Waals surface area contributed by atoms with Gasteiger partial charge in [-0.2, -0.15) is 0 Å². The second kappa shape index (κ2) is 11.1. The lowest BCUT2D eigenvalue weighted by Gasteiger charge is -2.20. The van der Waals surface area contributed by atoms with Crippen molar-refractivity contribution in [3.63, 3.8) is 0 Å². The molecule has 0 bridgehead atoms. The first-order valence-corrected chi connectivity index (χ1v) is 7.31. The molecular weight excluding hydrogens is 318 g/mol. The molecule has 0 saturated carbocycles. The highest BCUT2D eigenvalue weighted by atomic mass is 16.5. The molecule has 0 unspecified atom stereocenters. The van der Waals surface area contributed by atoms with Gasteiger partial charge in [-0.1, -0.05) is 13.8 Å². The fourth-order valence-corrected chi connectivity index (χ4v) is 1.93. The van der Waals surface area contributed by atoms with Gasteiger partial charge in [-0.25, -0.2) is 9.59 Å². The molecule has 1 aromatic rings. The standard InChI is InChI=1S/C14H23NO3.C2H2O4/c1-6-15(7-2)10-11-8-12(16-3)14(18-5)13(9-11)17-4;3-1(4)2(5)6/h8-9H,6-7,10H2,1-5H3;(H,3,4)(H,5,6). The fraction of sp³-hybridized carbons (Fsp3) is 0.500. The van der Waals surface area contributed by atoms with E-state index in [1.807, 2.05) is 12.1 Å². The van der Waals surface area contributed by atoms with E-state index in [0.717, 1.165) is 25.2 Å². The summed E-state index contributed by atoms with van der Waals surface area (Å²) in [6.07, 6.45) is 0. The monoisotopic (exact) mass is 343 g/mol. The third-order valence-corrected chi connectivity index (χ3v) is 3.21. The lowest BCUT2D eigenvalue weighted by Crippen LogP contribution is -2.22. The summed E-state index contributed by atoms with van der Waals surface area (Å²) in [5, 5.41) is 14.8. The highest BCUT2D eigenvalue weighted by Gasteiger charge is 2.14. The summed E-state index contributed by atoms with van der Waals surface area (Å²) in [6.45, 7) is 7.23. The van der Waals surface area contributed by atoms with Gasteiger partial charge in [0.2, 0.25) is 5.75 Å². The van der Waals surface area contributed by atoms with Gasteiger partial charge in [0.1, 0.15) is 0 Å². The van der Waals surface area contributed by atoms with Crippen LogP contribution in [-0.2, 0) is 16.1 Å². The third kappa shape index (κ3) is 6.74. The van der Waals surface area contributed by atoms with Crippen molar-refractivity contribution in [2.45, 2.75) is 20.4 Å². The second-order valence-electron chi connectivity index (χ2n) is 4.61. The van der Waals surface area contributed by atoms with E-state index in [2.05, 4.69) is 18.7 Å². The van der Waals surface area contributed by atoms with Crippen LogP contribution in [0.4, 0.5) is 0 Å². The van der Waals surface area contributed by atoms with Gasteiger partial charge in [-0.3, -0.25) is 4.90 Å². The van der Waals surface area contributed by atoms with Crippen molar-refractivity contribution in [1.82, 2.24) is 4.90 Å². The van der Waals surface area contributed by atoms with E-state index in [1.54, 1.807) is 21.3 Å². The van der Waals surface area contributed by atoms with Gasteiger partial charge in [0, 0.05) is 6.54 Å². The van der Waals surface area contributed by atoms with Crippen LogP contribution >= 0.6 is 0 Å². The van der Waals surface area contributed by atoms with Gasteiger partial charge in [-0.05, 0) is 30.8 Å². The molecule has 24 heavy (non-hydrogen) atoms. The van der Waals surface area contributed by atoms with Crippen LogP contribution in [0.15, 0.2) is 12.1 Å². The summed E-state index contributed by atoms with van der Waals surface area (Å²) in [5.41, 5.74) is 1.16. The molecule has 0 saturated heterocycles. The number of nitrogens with zero attached hydrogens (tertiary/aromatic N) is 1. The Balaban J connectivity index is 0.000000754. The summed E-state index contributed by atoms with van der Waals surface area (Å²) in [4.78, 5) is 20.5. The van der Waals surface area contributed by atoms with Crippen molar-refractivity contribution in [1.29, 1.82) is 0 Å². The molecule has 0 aromatic heterocycles. The molecule has 1 aromatic carbocycles. The number of aliphatic carboxylic acids is 2. The normalized spacial score (nSPS) is 9.75. The lowest BCUT2D eigenvalue weighted by atomic mass is 10.1. The molecule has 0 radical (unpaired) electrons. The Morgan fingerprint density at radius 1 is 0.917 bits per heavy atom. The van der Waals surface area contributed by atoms with Gasteiger partial charge < -0.3 is 24.4 Å². The molecular formula is C16H25NO7. The highest BCUT2D eigenvalue weighted by molar-refractivity contribution is 6.27. The first-order valence-electron chi connectivity index (χ1n) is 7.31. The van der Waals surface area contributed by atoms with Crippen molar-refractivity contribution in [2.75, 3.05) is 34.4 Å². The minimum absolute atomic E-state index is 0.642. The smallest absolute Gasteiger partial charge is 0.414 e. The van der Waals surface area contributed by atoms with Gasteiger partial charge in [0.15, 0.2) is 11.5 Å². The van der Waals surface area contributed by atoms with Gasteiger partial charge in [0.05, 0.1) is 21.3 Å². The first-order chi connectivity index (χ1) is 11.3. The predicted octanol–water partition coefficient (Wildman–Crippen LogP) is 1.71. The van der Waals surface area contributed by atoms with E-state index in [0.29, 0.717) is 17.2 Å². The molecule has 0 spiro atoms. The average Bonchev–Trinajstić information content (AvgIpc) is 2.58. The number of ether oxygens (including phenoxy) is 3. The lowest BCUT2D eigenvalue weighted by molar-refractivity contribution is -0.159. The summed E-state index contributed by atoms with van der Waals surface area (Å²) >= 11 is 0. The molecule has 8 nitrogen and oxygen atoms in total. The zero-order chi connectivity index (χ0) is 18.7. The Hall–Kier alpha value is -2.48. The number of carboxylic acids is 2. The third-order valence-electron chi connectivity index (χ3n) is 3.21. The van der Waals surface area contributed by atoms with Crippen LogP contribution in [0.1, 0.15) is 19.4 Å². The van der Waals surface area contributed by atoms with E-state index < -0.39 is 11.9 Å². The number of methoxy groups -OCH3 is 3. The molecule has 136 valence electrons. The Kier molecular flexibility index (Phi) is 9.97. The van der Waals surface area contributed by atoms with E-state index >= 15 is 0 Å². The molecule has 0 aliphatic carbocycles. The molecule has 0 amide bonds. The SMILES string of the molecule is CCN(CC)Cc1cc(OC)c(OC)c(OC)c1.O=C(O)C(=O)O. The fourth-order valence-electron chi connectivity index (χ4n) is 1.93. The molecule has 0 aliphatic rings.